The summed E-state index contributed by atoms with van der Waals surface area (Å²) in [4.78, 5) is 14.1. The Bertz CT molecular complexity index is 450. The number of hydrogen-bond acceptors (Lipinski definition) is 3. The number of amides is 1. The van der Waals surface area contributed by atoms with Crippen LogP contribution in [0, 0.1) is 5.92 Å². The SMILES string of the molecule is CC1CCC(N(C)C(=O)COc2ccc(CN)cc2)CC1. The van der Waals surface area contributed by atoms with Gasteiger partial charge in [-0.25, -0.2) is 0 Å². The Labute approximate surface area is 127 Å². The number of nitrogens with zero attached hydrogens (tertiary/aromatic N) is 1. The smallest absolute Gasteiger partial charge is 0.260 e. The van der Waals surface area contributed by atoms with Crippen LogP contribution >= 0.6 is 0 Å². The van der Waals surface area contributed by atoms with Gasteiger partial charge in [-0.2, -0.15) is 0 Å². The van der Waals surface area contributed by atoms with Crippen LogP contribution in [-0.2, 0) is 11.3 Å². The van der Waals surface area contributed by atoms with Crippen LogP contribution in [0.5, 0.6) is 5.75 Å². The number of benzene rings is 1. The molecule has 0 saturated heterocycles. The van der Waals surface area contributed by atoms with E-state index in [0.717, 1.165) is 24.3 Å². The van der Waals surface area contributed by atoms with Crippen molar-refractivity contribution in [3.63, 3.8) is 0 Å². The Morgan fingerprint density at radius 1 is 1.24 bits per heavy atom. The molecule has 0 spiro atoms. The van der Waals surface area contributed by atoms with Gasteiger partial charge in [-0.15, -0.1) is 0 Å². The molecule has 2 rings (SSSR count). The molecule has 1 aromatic rings. The van der Waals surface area contributed by atoms with Crippen LogP contribution in [0.3, 0.4) is 0 Å². The molecule has 0 aliphatic heterocycles. The standard InChI is InChI=1S/C17H26N2O2/c1-13-3-7-15(8-4-13)19(2)17(20)12-21-16-9-5-14(11-18)6-10-16/h5-6,9-10,13,15H,3-4,7-8,11-12,18H2,1-2H3. The molecule has 1 saturated carbocycles. The van der Waals surface area contributed by atoms with Crippen LogP contribution in [0.25, 0.3) is 0 Å². The molecule has 1 amide bonds. The topological polar surface area (TPSA) is 55.6 Å². The molecule has 4 heteroatoms. The summed E-state index contributed by atoms with van der Waals surface area (Å²) in [7, 11) is 1.89. The molecule has 1 aliphatic rings. The number of carbonyl (C=O) groups excluding carboxylic acids is 1. The van der Waals surface area contributed by atoms with Crippen molar-refractivity contribution >= 4 is 5.91 Å². The highest BCUT2D eigenvalue weighted by atomic mass is 16.5. The Morgan fingerprint density at radius 3 is 2.43 bits per heavy atom. The minimum atomic E-state index is 0.0532. The quantitative estimate of drug-likeness (QED) is 0.906. The number of nitrogens with two attached hydrogens (primary N) is 1. The van der Waals surface area contributed by atoms with Crippen molar-refractivity contribution in [3.8, 4) is 5.75 Å². The molecule has 21 heavy (non-hydrogen) atoms. The van der Waals surface area contributed by atoms with Crippen molar-refractivity contribution in [3.05, 3.63) is 29.8 Å². The van der Waals surface area contributed by atoms with E-state index in [1.807, 2.05) is 36.2 Å². The predicted octanol–water partition coefficient (Wildman–Crippen LogP) is 2.56. The van der Waals surface area contributed by atoms with Crippen LogP contribution in [0.4, 0.5) is 0 Å². The lowest BCUT2D eigenvalue weighted by Crippen LogP contribution is -2.41. The maximum atomic E-state index is 12.2. The highest BCUT2D eigenvalue weighted by Gasteiger charge is 2.24. The molecule has 1 aliphatic carbocycles. The van der Waals surface area contributed by atoms with E-state index in [1.54, 1.807) is 0 Å². The van der Waals surface area contributed by atoms with E-state index < -0.39 is 0 Å². The molecular formula is C17H26N2O2. The molecule has 0 bridgehead atoms. The molecule has 1 fully saturated rings. The molecule has 0 heterocycles. The van der Waals surface area contributed by atoms with Crippen LogP contribution in [0.2, 0.25) is 0 Å². The third-order valence-corrected chi connectivity index (χ3v) is 4.45. The van der Waals surface area contributed by atoms with Gasteiger partial charge in [0.25, 0.3) is 5.91 Å². The zero-order valence-electron chi connectivity index (χ0n) is 13.0. The van der Waals surface area contributed by atoms with Gasteiger partial charge in [0.05, 0.1) is 0 Å². The summed E-state index contributed by atoms with van der Waals surface area (Å²) in [6.45, 7) is 2.90. The zero-order valence-corrected chi connectivity index (χ0v) is 13.0. The van der Waals surface area contributed by atoms with Gasteiger partial charge < -0.3 is 15.4 Å². The first kappa shape index (κ1) is 15.8. The van der Waals surface area contributed by atoms with E-state index in [1.165, 1.54) is 12.8 Å². The van der Waals surface area contributed by atoms with E-state index in [2.05, 4.69) is 6.92 Å². The first-order valence-electron chi connectivity index (χ1n) is 7.77. The fraction of sp³-hybridized carbons (Fsp3) is 0.588. The second-order valence-electron chi connectivity index (χ2n) is 6.06. The predicted molar refractivity (Wildman–Crippen MR) is 84.0 cm³/mol. The van der Waals surface area contributed by atoms with Gasteiger partial charge in [-0.3, -0.25) is 4.79 Å². The zero-order chi connectivity index (χ0) is 15.2. The average Bonchev–Trinajstić information content (AvgIpc) is 2.53. The molecule has 0 radical (unpaired) electrons. The highest BCUT2D eigenvalue weighted by Crippen LogP contribution is 2.26. The molecule has 2 N–H and O–H groups in total. The number of hydrogen-bond donors (Lipinski definition) is 1. The Morgan fingerprint density at radius 2 is 1.86 bits per heavy atom. The Hall–Kier alpha value is -1.55. The third-order valence-electron chi connectivity index (χ3n) is 4.45. The van der Waals surface area contributed by atoms with Crippen molar-refractivity contribution in [2.45, 2.75) is 45.2 Å². The summed E-state index contributed by atoms with van der Waals surface area (Å²) >= 11 is 0. The fourth-order valence-corrected chi connectivity index (χ4v) is 2.80. The maximum Gasteiger partial charge on any atom is 0.260 e. The minimum Gasteiger partial charge on any atom is -0.484 e. The summed E-state index contributed by atoms with van der Waals surface area (Å²) in [5.41, 5.74) is 6.61. The molecule has 0 aromatic heterocycles. The maximum absolute atomic E-state index is 12.2. The first-order chi connectivity index (χ1) is 10.1. The largest absolute Gasteiger partial charge is 0.484 e. The van der Waals surface area contributed by atoms with Gasteiger partial charge >= 0.3 is 0 Å². The summed E-state index contributed by atoms with van der Waals surface area (Å²) < 4.78 is 5.57. The van der Waals surface area contributed by atoms with Crippen LogP contribution in [0.1, 0.15) is 38.2 Å². The minimum absolute atomic E-state index is 0.0532. The number of rotatable bonds is 5. The van der Waals surface area contributed by atoms with E-state index in [-0.39, 0.29) is 12.5 Å². The second-order valence-corrected chi connectivity index (χ2v) is 6.06. The van der Waals surface area contributed by atoms with Crippen LogP contribution in [-0.4, -0.2) is 30.5 Å². The van der Waals surface area contributed by atoms with Crippen molar-refractivity contribution in [1.29, 1.82) is 0 Å². The lowest BCUT2D eigenvalue weighted by atomic mass is 9.87. The fourth-order valence-electron chi connectivity index (χ4n) is 2.80. The summed E-state index contributed by atoms with van der Waals surface area (Å²) in [6.07, 6.45) is 4.64. The summed E-state index contributed by atoms with van der Waals surface area (Å²) in [5, 5.41) is 0. The van der Waals surface area contributed by atoms with E-state index >= 15 is 0 Å². The van der Waals surface area contributed by atoms with Crippen LogP contribution < -0.4 is 10.5 Å². The Balaban J connectivity index is 1.80. The second kappa shape index (κ2) is 7.46. The lowest BCUT2D eigenvalue weighted by molar-refractivity contribution is -0.134. The van der Waals surface area contributed by atoms with Crippen molar-refractivity contribution < 1.29 is 9.53 Å². The number of carbonyl (C=O) groups is 1. The molecule has 1 aromatic carbocycles. The molecule has 0 atom stereocenters. The van der Waals surface area contributed by atoms with Crippen molar-refractivity contribution in [1.82, 2.24) is 4.90 Å². The number of likely N-dealkylation sites (N-methyl/N-ethyl adjacent to an activating group) is 1. The molecule has 116 valence electrons. The van der Waals surface area contributed by atoms with Gasteiger partial charge in [0.2, 0.25) is 0 Å². The summed E-state index contributed by atoms with van der Waals surface area (Å²) in [5.74, 6) is 1.56. The monoisotopic (exact) mass is 290 g/mol. The normalized spacial score (nSPS) is 21.9. The van der Waals surface area contributed by atoms with Gasteiger partial charge in [0.15, 0.2) is 6.61 Å². The van der Waals surface area contributed by atoms with E-state index in [4.69, 9.17) is 10.5 Å². The molecule has 0 unspecified atom stereocenters. The molecule has 4 nitrogen and oxygen atoms in total. The number of ether oxygens (including phenoxy) is 1. The van der Waals surface area contributed by atoms with Gasteiger partial charge in [0, 0.05) is 19.6 Å². The summed E-state index contributed by atoms with van der Waals surface area (Å²) in [6, 6.07) is 7.94. The van der Waals surface area contributed by atoms with E-state index in [9.17, 15) is 4.79 Å². The van der Waals surface area contributed by atoms with Gasteiger partial charge in [-0.05, 0) is 49.3 Å². The highest BCUT2D eigenvalue weighted by molar-refractivity contribution is 5.77. The molecular weight excluding hydrogens is 264 g/mol. The average molecular weight is 290 g/mol. The van der Waals surface area contributed by atoms with E-state index in [0.29, 0.717) is 18.3 Å². The third kappa shape index (κ3) is 4.46. The van der Waals surface area contributed by atoms with Crippen molar-refractivity contribution in [2.75, 3.05) is 13.7 Å². The Kier molecular flexibility index (Phi) is 5.62. The van der Waals surface area contributed by atoms with Crippen molar-refractivity contribution in [2.24, 2.45) is 11.7 Å². The van der Waals surface area contributed by atoms with Gasteiger partial charge in [0.1, 0.15) is 5.75 Å². The van der Waals surface area contributed by atoms with Crippen LogP contribution in [0.15, 0.2) is 24.3 Å². The van der Waals surface area contributed by atoms with Gasteiger partial charge in [-0.1, -0.05) is 19.1 Å². The first-order valence-corrected chi connectivity index (χ1v) is 7.77. The lowest BCUT2D eigenvalue weighted by Gasteiger charge is -2.33.